The van der Waals surface area contributed by atoms with Gasteiger partial charge in [-0.2, -0.15) is 8.78 Å². The monoisotopic (exact) mass is 299 g/mol. The molecular formula is C10H14F5NSi2. The lowest BCUT2D eigenvalue weighted by atomic mass is 10.1. The van der Waals surface area contributed by atoms with Gasteiger partial charge in [0.15, 0.2) is 5.29 Å². The zero-order chi connectivity index (χ0) is 14.0. The maximum atomic E-state index is 14.3. The van der Waals surface area contributed by atoms with Gasteiger partial charge in [-0.05, 0) is 5.56 Å². The third-order valence-electron chi connectivity index (χ3n) is 2.77. The molecule has 0 saturated heterocycles. The average molecular weight is 299 g/mol. The van der Waals surface area contributed by atoms with Crippen LogP contribution in [0.4, 0.5) is 22.0 Å². The van der Waals surface area contributed by atoms with E-state index in [0.717, 1.165) is 0 Å². The lowest BCUT2D eigenvalue weighted by Gasteiger charge is -2.37. The standard InChI is InChI=1S/C10H14F5NSi2/c11-8(12)6-16(18)10(14,15)9(13,17)7-4-2-1-3-5-7/h1-5,8H,6H2,17-18H3. The Morgan fingerprint density at radius 3 is 2.06 bits per heavy atom. The molecule has 1 unspecified atom stereocenters. The molecule has 1 aromatic carbocycles. The number of halogens is 5. The van der Waals surface area contributed by atoms with E-state index in [1.54, 1.807) is 6.07 Å². The number of benzene rings is 1. The fraction of sp³-hybridized carbons (Fsp3) is 0.400. The summed E-state index contributed by atoms with van der Waals surface area (Å²) in [5.74, 6) is 0. The van der Waals surface area contributed by atoms with E-state index in [2.05, 4.69) is 0 Å². The summed E-state index contributed by atoms with van der Waals surface area (Å²) in [6.45, 7) is -1.11. The van der Waals surface area contributed by atoms with Gasteiger partial charge in [0.05, 0.1) is 27.2 Å². The number of rotatable bonds is 5. The Bertz CT molecular complexity index is 385. The molecule has 0 aliphatic carbocycles. The zero-order valence-corrected chi connectivity index (χ0v) is 14.0. The van der Waals surface area contributed by atoms with E-state index >= 15 is 0 Å². The van der Waals surface area contributed by atoms with Gasteiger partial charge in [0.1, 0.15) is 0 Å². The first-order chi connectivity index (χ1) is 8.19. The predicted octanol–water partition coefficient (Wildman–Crippen LogP) is 0.615. The van der Waals surface area contributed by atoms with Crippen LogP contribution >= 0.6 is 0 Å². The molecule has 0 saturated carbocycles. The molecule has 1 rings (SSSR count). The van der Waals surface area contributed by atoms with E-state index in [-0.39, 0.29) is 20.5 Å². The van der Waals surface area contributed by atoms with Crippen LogP contribution in [0.3, 0.4) is 0 Å². The molecule has 0 heterocycles. The van der Waals surface area contributed by atoms with Crippen LogP contribution in [-0.4, -0.2) is 44.2 Å². The fourth-order valence-electron chi connectivity index (χ4n) is 1.60. The molecule has 18 heavy (non-hydrogen) atoms. The number of alkyl halides is 5. The van der Waals surface area contributed by atoms with Crippen molar-refractivity contribution in [2.45, 2.75) is 17.8 Å². The summed E-state index contributed by atoms with van der Waals surface area (Å²) in [5.41, 5.74) is -0.170. The van der Waals surface area contributed by atoms with Crippen LogP contribution in [0.15, 0.2) is 30.3 Å². The second kappa shape index (κ2) is 5.49. The molecule has 1 atom stereocenters. The highest BCUT2D eigenvalue weighted by Crippen LogP contribution is 2.40. The summed E-state index contributed by atoms with van der Waals surface area (Å²) in [6.07, 6.45) is -2.90. The van der Waals surface area contributed by atoms with Crippen LogP contribution in [0, 0.1) is 0 Å². The smallest absolute Gasteiger partial charge is 0.267 e. The third kappa shape index (κ3) is 2.98. The van der Waals surface area contributed by atoms with Crippen LogP contribution in [0.5, 0.6) is 0 Å². The average Bonchev–Trinajstić information content (AvgIpc) is 2.29. The topological polar surface area (TPSA) is 3.24 Å². The molecule has 0 radical (unpaired) electrons. The second-order valence-electron chi connectivity index (χ2n) is 4.18. The molecule has 8 heteroatoms. The highest BCUT2D eigenvalue weighted by atomic mass is 28.2. The maximum Gasteiger partial charge on any atom is 0.332 e. The maximum absolute atomic E-state index is 14.3. The molecule has 0 fully saturated rings. The Balaban J connectivity index is 3.02. The van der Waals surface area contributed by atoms with E-state index in [4.69, 9.17) is 0 Å². The van der Waals surface area contributed by atoms with Crippen LogP contribution in [0.1, 0.15) is 5.56 Å². The highest BCUT2D eigenvalue weighted by molar-refractivity contribution is 6.16. The number of nitrogens with zero attached hydrogens (tertiary/aromatic N) is 1. The highest BCUT2D eigenvalue weighted by Gasteiger charge is 2.54. The van der Waals surface area contributed by atoms with Crippen molar-refractivity contribution in [3.8, 4) is 0 Å². The van der Waals surface area contributed by atoms with Gasteiger partial charge in [-0.25, -0.2) is 13.2 Å². The van der Waals surface area contributed by atoms with E-state index in [0.29, 0.717) is 0 Å². The van der Waals surface area contributed by atoms with Crippen LogP contribution in [0.2, 0.25) is 0 Å². The predicted molar refractivity (Wildman–Crippen MR) is 66.8 cm³/mol. The van der Waals surface area contributed by atoms with Gasteiger partial charge >= 0.3 is 6.05 Å². The first kappa shape index (κ1) is 15.3. The fourth-order valence-corrected chi connectivity index (χ4v) is 3.46. The lowest BCUT2D eigenvalue weighted by molar-refractivity contribution is -0.185. The van der Waals surface area contributed by atoms with Crippen molar-refractivity contribution >= 4 is 20.6 Å². The number of hydrogen-bond acceptors (Lipinski definition) is 1. The molecule has 0 amide bonds. The molecule has 0 bridgehead atoms. The van der Waals surface area contributed by atoms with Crippen molar-refractivity contribution in [1.82, 2.24) is 4.57 Å². The summed E-state index contributed by atoms with van der Waals surface area (Å²) in [7, 11) is -0.826. The normalized spacial score (nSPS) is 16.4. The lowest BCUT2D eigenvalue weighted by Crippen LogP contribution is -2.55. The summed E-state index contributed by atoms with van der Waals surface area (Å²) >= 11 is 0. The first-order valence-corrected chi connectivity index (χ1v) is 7.20. The van der Waals surface area contributed by atoms with Crippen molar-refractivity contribution in [3.05, 3.63) is 35.9 Å². The van der Waals surface area contributed by atoms with Gasteiger partial charge in [0.25, 0.3) is 6.43 Å². The molecule has 0 aliphatic heterocycles. The Morgan fingerprint density at radius 1 is 1.11 bits per heavy atom. The first-order valence-electron chi connectivity index (χ1n) is 5.31. The molecule has 0 aliphatic rings. The minimum atomic E-state index is -3.90. The molecule has 102 valence electrons. The molecule has 0 N–H and O–H groups in total. The van der Waals surface area contributed by atoms with Gasteiger partial charge in [-0.3, -0.25) is 4.57 Å². The van der Waals surface area contributed by atoms with Crippen molar-refractivity contribution in [3.63, 3.8) is 0 Å². The van der Waals surface area contributed by atoms with E-state index in [9.17, 15) is 22.0 Å². The van der Waals surface area contributed by atoms with Crippen LogP contribution in [-0.2, 0) is 5.29 Å². The van der Waals surface area contributed by atoms with Crippen molar-refractivity contribution in [2.75, 3.05) is 6.54 Å². The van der Waals surface area contributed by atoms with Crippen molar-refractivity contribution in [1.29, 1.82) is 0 Å². The molecule has 1 nitrogen and oxygen atoms in total. The van der Waals surface area contributed by atoms with Crippen LogP contribution < -0.4 is 0 Å². The Hall–Kier alpha value is -0.736. The number of hydrogen-bond donors (Lipinski definition) is 0. The summed E-state index contributed by atoms with van der Waals surface area (Å²) < 4.78 is 66.7. The third-order valence-corrected chi connectivity index (χ3v) is 4.88. The molecule has 1 aromatic rings. The van der Waals surface area contributed by atoms with Gasteiger partial charge in [-0.15, -0.1) is 0 Å². The van der Waals surface area contributed by atoms with Crippen molar-refractivity contribution in [2.24, 2.45) is 0 Å². The Kier molecular flexibility index (Phi) is 4.68. The molecule has 0 spiro atoms. The Labute approximate surface area is 108 Å². The van der Waals surface area contributed by atoms with E-state index < -0.39 is 34.6 Å². The summed E-state index contributed by atoms with van der Waals surface area (Å²) in [5, 5.41) is -2.87. The van der Waals surface area contributed by atoms with E-state index in [1.165, 1.54) is 24.3 Å². The minimum Gasteiger partial charge on any atom is -0.267 e. The van der Waals surface area contributed by atoms with Crippen molar-refractivity contribution < 1.29 is 22.0 Å². The van der Waals surface area contributed by atoms with Gasteiger partial charge < -0.3 is 0 Å². The van der Waals surface area contributed by atoms with Crippen LogP contribution in [0.25, 0.3) is 0 Å². The van der Waals surface area contributed by atoms with Gasteiger partial charge in [-0.1, -0.05) is 30.3 Å². The molecular weight excluding hydrogens is 285 g/mol. The quantitative estimate of drug-likeness (QED) is 0.438. The van der Waals surface area contributed by atoms with Gasteiger partial charge in [0, 0.05) is 0 Å². The van der Waals surface area contributed by atoms with Gasteiger partial charge in [0.2, 0.25) is 0 Å². The summed E-state index contributed by atoms with van der Waals surface area (Å²) in [4.78, 5) is 0. The zero-order valence-electron chi connectivity index (χ0n) is 10.0. The minimum absolute atomic E-state index is 0.170. The SMILES string of the molecule is FC(F)CN([SiH3])C(F)(F)C(F)([SiH3])c1ccccc1. The molecule has 0 aromatic heterocycles. The second-order valence-corrected chi connectivity index (χ2v) is 6.64. The summed E-state index contributed by atoms with van der Waals surface area (Å²) in [6, 6.07) is 3.07. The largest absolute Gasteiger partial charge is 0.332 e. The van der Waals surface area contributed by atoms with E-state index in [1.807, 2.05) is 0 Å². The Morgan fingerprint density at radius 2 is 1.61 bits per heavy atom.